The Balaban J connectivity index is 1.67. The van der Waals surface area contributed by atoms with Crippen LogP contribution in [0.25, 0.3) is 0 Å². The van der Waals surface area contributed by atoms with E-state index in [1.165, 1.54) is 34.7 Å². The molecule has 3 heterocycles. The van der Waals surface area contributed by atoms with E-state index in [1.807, 2.05) is 6.07 Å². The van der Waals surface area contributed by atoms with E-state index in [-0.39, 0.29) is 11.7 Å². The van der Waals surface area contributed by atoms with Gasteiger partial charge in [-0.15, -0.1) is 0 Å². The third-order valence-corrected chi connectivity index (χ3v) is 5.64. The normalized spacial score (nSPS) is 16.2. The Hall–Kier alpha value is -3.06. The second kappa shape index (κ2) is 8.13. The number of nitriles is 1. The van der Waals surface area contributed by atoms with Crippen LogP contribution in [0.1, 0.15) is 46.9 Å². The van der Waals surface area contributed by atoms with Gasteiger partial charge in [-0.1, -0.05) is 41.2 Å². The van der Waals surface area contributed by atoms with Crippen LogP contribution in [0.4, 0.5) is 16.9 Å². The quantitative estimate of drug-likeness (QED) is 0.551. The highest BCUT2D eigenvalue weighted by Gasteiger charge is 2.29. The summed E-state index contributed by atoms with van der Waals surface area (Å²) in [6.45, 7) is 2.83. The van der Waals surface area contributed by atoms with Gasteiger partial charge in [-0.3, -0.25) is 0 Å². The van der Waals surface area contributed by atoms with Gasteiger partial charge in [-0.25, -0.2) is 9.97 Å². The Morgan fingerprint density at radius 1 is 1.28 bits per heavy atom. The summed E-state index contributed by atoms with van der Waals surface area (Å²) in [4.78, 5) is 15.7. The molecule has 29 heavy (non-hydrogen) atoms. The molecule has 0 saturated carbocycles. The Morgan fingerprint density at radius 3 is 2.76 bits per heavy atom. The Labute approximate surface area is 172 Å². The molecule has 1 aromatic carbocycles. The van der Waals surface area contributed by atoms with Gasteiger partial charge in [0.05, 0.1) is 12.2 Å². The zero-order chi connectivity index (χ0) is 20.4. The lowest BCUT2D eigenvalue weighted by Gasteiger charge is -2.26. The van der Waals surface area contributed by atoms with Crippen molar-refractivity contribution in [2.45, 2.75) is 32.1 Å². The molecule has 0 spiro atoms. The number of anilines is 3. The van der Waals surface area contributed by atoms with Crippen molar-refractivity contribution in [3.8, 4) is 6.07 Å². The molecule has 1 atom stereocenters. The molecule has 9 heteroatoms. The molecule has 3 N–H and O–H groups in total. The summed E-state index contributed by atoms with van der Waals surface area (Å²) in [6.07, 6.45) is 1.72. The molecule has 148 valence electrons. The maximum Gasteiger partial charge on any atom is 0.228 e. The van der Waals surface area contributed by atoms with Crippen LogP contribution in [0.15, 0.2) is 36.5 Å². The molecule has 0 aliphatic carbocycles. The highest BCUT2D eigenvalue weighted by atomic mass is 32.1. The zero-order valence-electron chi connectivity index (χ0n) is 15.8. The minimum absolute atomic E-state index is 0.101. The average molecular weight is 408 g/mol. The highest BCUT2D eigenvalue weighted by molar-refractivity contribution is 7.16. The smallest absolute Gasteiger partial charge is 0.228 e. The van der Waals surface area contributed by atoms with Crippen LogP contribution in [-0.2, 0) is 0 Å². The predicted octanol–water partition coefficient (Wildman–Crippen LogP) is 3.18. The van der Waals surface area contributed by atoms with Gasteiger partial charge in [-0.2, -0.15) is 10.2 Å². The minimum Gasteiger partial charge on any atom is -0.363 e. The molecule has 0 bridgehead atoms. The number of aryl methyl sites for hydroxylation is 1. The summed E-state index contributed by atoms with van der Waals surface area (Å²) in [6, 6.07) is 12.0. The van der Waals surface area contributed by atoms with Gasteiger partial charge in [0, 0.05) is 12.6 Å². The van der Waals surface area contributed by atoms with Crippen molar-refractivity contribution in [1.29, 1.82) is 5.26 Å². The molecule has 1 aliphatic rings. The second-order valence-corrected chi connectivity index (χ2v) is 7.91. The summed E-state index contributed by atoms with van der Waals surface area (Å²) in [5.74, 6) is 0.824. The molecule has 1 fully saturated rings. The van der Waals surface area contributed by atoms with Crippen molar-refractivity contribution >= 4 is 28.2 Å². The van der Waals surface area contributed by atoms with Gasteiger partial charge >= 0.3 is 0 Å². The molecule has 0 radical (unpaired) electrons. The summed E-state index contributed by atoms with van der Waals surface area (Å²) in [5, 5.41) is 31.9. The fraction of sp³-hybridized carbons (Fsp3) is 0.300. The molecule has 2 aromatic heterocycles. The number of aliphatic hydroxyl groups excluding tert-OH is 1. The number of nitrogens with zero attached hydrogens (tertiary/aromatic N) is 5. The van der Waals surface area contributed by atoms with E-state index in [9.17, 15) is 10.2 Å². The molecular weight excluding hydrogens is 388 g/mol. The predicted molar refractivity (Wildman–Crippen MR) is 110 cm³/mol. The largest absolute Gasteiger partial charge is 0.363 e. The number of thiazole rings is 1. The summed E-state index contributed by atoms with van der Waals surface area (Å²) >= 11 is 1.20. The topological polar surface area (TPSA) is 118 Å². The monoisotopic (exact) mass is 408 g/mol. The Morgan fingerprint density at radius 2 is 2.07 bits per heavy atom. The molecule has 3 aromatic rings. The van der Waals surface area contributed by atoms with Crippen LogP contribution >= 0.6 is 11.3 Å². The van der Waals surface area contributed by atoms with Gasteiger partial charge in [0.15, 0.2) is 11.4 Å². The maximum absolute atomic E-state index is 9.70. The highest BCUT2D eigenvalue weighted by Crippen LogP contribution is 2.35. The molecule has 1 unspecified atom stereocenters. The van der Waals surface area contributed by atoms with Gasteiger partial charge in [0.2, 0.25) is 5.95 Å². The lowest BCUT2D eigenvalue weighted by Crippen LogP contribution is -2.25. The first kappa shape index (κ1) is 19.3. The Kier molecular flexibility index (Phi) is 5.40. The van der Waals surface area contributed by atoms with E-state index in [4.69, 9.17) is 5.26 Å². The van der Waals surface area contributed by atoms with Crippen LogP contribution < -0.4 is 10.2 Å². The first-order valence-corrected chi connectivity index (χ1v) is 10.1. The van der Waals surface area contributed by atoms with E-state index in [1.54, 1.807) is 0 Å². The van der Waals surface area contributed by atoms with Crippen molar-refractivity contribution in [2.24, 2.45) is 0 Å². The number of rotatable bonds is 5. The fourth-order valence-corrected chi connectivity index (χ4v) is 4.03. The maximum atomic E-state index is 9.70. The number of aliphatic hydroxyl groups is 2. The summed E-state index contributed by atoms with van der Waals surface area (Å²) < 4.78 is 0. The summed E-state index contributed by atoms with van der Waals surface area (Å²) in [7, 11) is 0. The standard InChI is InChI=1S/C20H20N6O2S/c1-12-4-6-13(7-5-12)16-3-2-8-26(16)19-23-15(18(27)28)9-17(24-19)25-20-22-11-14(10-21)29-20/h4-7,9,11,16,18,27-28H,2-3,8H2,1H3,(H,22,23,24,25). The Bertz CT molecular complexity index is 1040. The van der Waals surface area contributed by atoms with Crippen molar-refractivity contribution in [1.82, 2.24) is 15.0 Å². The molecule has 8 nitrogen and oxygen atoms in total. The summed E-state index contributed by atoms with van der Waals surface area (Å²) in [5.41, 5.74) is 2.48. The van der Waals surface area contributed by atoms with Crippen LogP contribution in [0, 0.1) is 18.3 Å². The van der Waals surface area contributed by atoms with E-state index in [0.717, 1.165) is 19.4 Å². The van der Waals surface area contributed by atoms with Crippen molar-refractivity contribution in [3.05, 3.63) is 58.2 Å². The van der Waals surface area contributed by atoms with Crippen molar-refractivity contribution in [3.63, 3.8) is 0 Å². The van der Waals surface area contributed by atoms with E-state index < -0.39 is 6.29 Å². The third kappa shape index (κ3) is 4.19. The lowest BCUT2D eigenvalue weighted by molar-refractivity contribution is -0.0458. The number of aromatic nitrogens is 3. The second-order valence-electron chi connectivity index (χ2n) is 6.88. The van der Waals surface area contributed by atoms with Crippen molar-refractivity contribution < 1.29 is 10.2 Å². The SMILES string of the molecule is Cc1ccc(C2CCCN2c2nc(Nc3ncc(C#N)s3)cc(C(O)O)n2)cc1. The van der Waals surface area contributed by atoms with E-state index in [2.05, 4.69) is 56.4 Å². The molecule has 1 saturated heterocycles. The van der Waals surface area contributed by atoms with Crippen LogP contribution in [0.5, 0.6) is 0 Å². The zero-order valence-corrected chi connectivity index (χ0v) is 16.6. The van der Waals surface area contributed by atoms with Gasteiger partial charge in [0.25, 0.3) is 0 Å². The number of hydrogen-bond donors (Lipinski definition) is 3. The van der Waals surface area contributed by atoms with Crippen molar-refractivity contribution in [2.75, 3.05) is 16.8 Å². The first-order valence-electron chi connectivity index (χ1n) is 9.25. The minimum atomic E-state index is -1.72. The van der Waals surface area contributed by atoms with Crippen LogP contribution in [0.3, 0.4) is 0 Å². The number of hydrogen-bond acceptors (Lipinski definition) is 9. The van der Waals surface area contributed by atoms with Gasteiger partial charge < -0.3 is 20.4 Å². The number of nitrogens with one attached hydrogen (secondary N) is 1. The van der Waals surface area contributed by atoms with Crippen LogP contribution in [-0.4, -0.2) is 31.7 Å². The first-order chi connectivity index (χ1) is 14.0. The van der Waals surface area contributed by atoms with E-state index in [0.29, 0.717) is 21.8 Å². The van der Waals surface area contributed by atoms with Crippen LogP contribution in [0.2, 0.25) is 0 Å². The van der Waals surface area contributed by atoms with Gasteiger partial charge in [-0.05, 0) is 25.3 Å². The number of benzene rings is 1. The fourth-order valence-electron chi connectivity index (χ4n) is 3.41. The van der Waals surface area contributed by atoms with E-state index >= 15 is 0 Å². The third-order valence-electron chi connectivity index (χ3n) is 4.82. The average Bonchev–Trinajstić information content (AvgIpc) is 3.38. The lowest BCUT2D eigenvalue weighted by atomic mass is 10.0. The molecule has 4 rings (SSSR count). The van der Waals surface area contributed by atoms with Gasteiger partial charge in [0.1, 0.15) is 22.5 Å². The molecule has 0 amide bonds. The molecule has 1 aliphatic heterocycles. The molecular formula is C20H20N6O2S.